The van der Waals surface area contributed by atoms with Crippen molar-refractivity contribution in [1.29, 1.82) is 0 Å². The van der Waals surface area contributed by atoms with Crippen LogP contribution in [0.5, 0.6) is 0 Å². The van der Waals surface area contributed by atoms with Crippen LogP contribution in [0.3, 0.4) is 0 Å². The van der Waals surface area contributed by atoms with Crippen molar-refractivity contribution < 1.29 is 0 Å². The quantitative estimate of drug-likeness (QED) is 0.561. The summed E-state index contributed by atoms with van der Waals surface area (Å²) in [5.41, 5.74) is 0.514. The molecule has 2 heteroatoms. The lowest BCUT2D eigenvalue weighted by Gasteiger charge is -2.15. The predicted octanol–water partition coefficient (Wildman–Crippen LogP) is 1.83. The summed E-state index contributed by atoms with van der Waals surface area (Å²) in [6.07, 6.45) is 1.68. The Kier molecular flexibility index (Phi) is 1.94. The van der Waals surface area contributed by atoms with Crippen molar-refractivity contribution >= 4 is 0 Å². The van der Waals surface area contributed by atoms with Crippen LogP contribution in [0.1, 0.15) is 32.3 Å². The first kappa shape index (κ1) is 8.18. The van der Waals surface area contributed by atoms with Crippen LogP contribution in [-0.4, -0.2) is 9.97 Å². The summed E-state index contributed by atoms with van der Waals surface area (Å²) in [5.74, 6) is 0.789. The smallest absolute Gasteiger partial charge is 0.133 e. The van der Waals surface area contributed by atoms with Crippen LogP contribution in [0, 0.1) is 6.92 Å². The normalized spacial score (nSPS) is 11.6. The zero-order chi connectivity index (χ0) is 8.48. The van der Waals surface area contributed by atoms with Gasteiger partial charge in [-0.2, -0.15) is 0 Å². The van der Waals surface area contributed by atoms with Crippen LogP contribution in [0.25, 0.3) is 0 Å². The van der Waals surface area contributed by atoms with Gasteiger partial charge in [0.15, 0.2) is 0 Å². The first-order valence-corrected chi connectivity index (χ1v) is 3.59. The van der Waals surface area contributed by atoms with Crippen molar-refractivity contribution in [3.8, 4) is 0 Å². The molecule has 0 atom stereocenters. The molecule has 0 fully saturated rings. The van der Waals surface area contributed by atoms with Gasteiger partial charge < -0.3 is 0 Å². The van der Waals surface area contributed by atoms with E-state index in [4.69, 9.17) is 6.92 Å². The molecule has 1 aromatic rings. The molecule has 0 unspecified atom stereocenters. The van der Waals surface area contributed by atoms with Crippen molar-refractivity contribution in [3.63, 3.8) is 0 Å². The number of nitrogens with zero attached hydrogens (tertiary/aromatic N) is 2. The Morgan fingerprint density at radius 1 is 1.36 bits per heavy atom. The summed E-state index contributed by atoms with van der Waals surface area (Å²) in [6.45, 7) is 11.7. The van der Waals surface area contributed by atoms with E-state index in [1.54, 1.807) is 12.3 Å². The van der Waals surface area contributed by atoms with Gasteiger partial charge in [0.05, 0.1) is 0 Å². The summed E-state index contributed by atoms with van der Waals surface area (Å²) in [5, 5.41) is 0. The highest BCUT2D eigenvalue weighted by Gasteiger charge is 2.16. The standard InChI is InChI=1S/C9H12N2/c1-7-5-6-10-8(11-7)9(2,3)4/h1,5-6H,2-4H3. The highest BCUT2D eigenvalue weighted by Crippen LogP contribution is 2.16. The molecule has 0 aliphatic carbocycles. The molecule has 1 aromatic heterocycles. The summed E-state index contributed by atoms with van der Waals surface area (Å²) in [6, 6.07) is 1.69. The SMILES string of the molecule is [CH]c1ccnc(C(C)(C)C)n1. The second-order valence-electron chi connectivity index (χ2n) is 3.56. The first-order chi connectivity index (χ1) is 5.00. The Labute approximate surface area is 67.7 Å². The van der Waals surface area contributed by atoms with E-state index >= 15 is 0 Å². The molecule has 0 spiro atoms. The Balaban J connectivity index is 3.06. The molecule has 0 N–H and O–H groups in total. The molecule has 0 saturated carbocycles. The van der Waals surface area contributed by atoms with Crippen molar-refractivity contribution in [2.45, 2.75) is 26.2 Å². The topological polar surface area (TPSA) is 25.8 Å². The second-order valence-corrected chi connectivity index (χ2v) is 3.56. The summed E-state index contributed by atoms with van der Waals surface area (Å²) < 4.78 is 0. The van der Waals surface area contributed by atoms with E-state index in [2.05, 4.69) is 30.7 Å². The van der Waals surface area contributed by atoms with Crippen molar-refractivity contribution in [2.75, 3.05) is 0 Å². The average Bonchev–Trinajstić information content (AvgIpc) is 1.86. The molecular formula is C9H12N2. The van der Waals surface area contributed by atoms with Gasteiger partial charge in [-0.05, 0) is 6.07 Å². The summed E-state index contributed by atoms with van der Waals surface area (Å²) in [4.78, 5) is 8.23. The van der Waals surface area contributed by atoms with Gasteiger partial charge in [-0.15, -0.1) is 0 Å². The van der Waals surface area contributed by atoms with Gasteiger partial charge in [0.25, 0.3) is 0 Å². The van der Waals surface area contributed by atoms with Gasteiger partial charge in [0, 0.05) is 24.2 Å². The third kappa shape index (κ3) is 2.00. The second kappa shape index (κ2) is 2.61. The molecule has 58 valence electrons. The molecule has 0 aliphatic rings. The number of rotatable bonds is 0. The van der Waals surface area contributed by atoms with E-state index in [0.717, 1.165) is 5.82 Å². The predicted molar refractivity (Wildman–Crippen MR) is 44.1 cm³/mol. The molecule has 1 rings (SSSR count). The van der Waals surface area contributed by atoms with Crippen LogP contribution in [-0.2, 0) is 5.41 Å². The molecule has 11 heavy (non-hydrogen) atoms. The number of aromatic nitrogens is 2. The third-order valence-electron chi connectivity index (χ3n) is 1.35. The van der Waals surface area contributed by atoms with E-state index in [-0.39, 0.29) is 5.41 Å². The Morgan fingerprint density at radius 3 is 2.36 bits per heavy atom. The van der Waals surface area contributed by atoms with E-state index < -0.39 is 0 Å². The van der Waals surface area contributed by atoms with Gasteiger partial charge in [-0.25, -0.2) is 9.97 Å². The first-order valence-electron chi connectivity index (χ1n) is 3.59. The fraction of sp³-hybridized carbons (Fsp3) is 0.444. The van der Waals surface area contributed by atoms with E-state index in [0.29, 0.717) is 5.69 Å². The Morgan fingerprint density at radius 2 is 2.00 bits per heavy atom. The Bertz CT molecular complexity index is 248. The van der Waals surface area contributed by atoms with Gasteiger partial charge in [-0.1, -0.05) is 20.8 Å². The molecule has 0 aromatic carbocycles. The molecule has 1 heterocycles. The van der Waals surface area contributed by atoms with Crippen molar-refractivity contribution in [2.24, 2.45) is 0 Å². The van der Waals surface area contributed by atoms with E-state index in [1.807, 2.05) is 0 Å². The lowest BCUT2D eigenvalue weighted by atomic mass is 9.96. The molecule has 0 amide bonds. The molecule has 0 bridgehead atoms. The molecule has 0 aliphatic heterocycles. The maximum absolute atomic E-state index is 5.50. The fourth-order valence-electron chi connectivity index (χ4n) is 0.734. The number of hydrogen-bond acceptors (Lipinski definition) is 2. The average molecular weight is 148 g/mol. The minimum atomic E-state index is -0.0185. The van der Waals surface area contributed by atoms with Crippen LogP contribution >= 0.6 is 0 Å². The minimum Gasteiger partial charge on any atom is -0.241 e. The fourth-order valence-corrected chi connectivity index (χ4v) is 0.734. The van der Waals surface area contributed by atoms with E-state index in [9.17, 15) is 0 Å². The highest BCUT2D eigenvalue weighted by molar-refractivity contribution is 5.09. The minimum absolute atomic E-state index is 0.0185. The van der Waals surface area contributed by atoms with Crippen LogP contribution in [0.2, 0.25) is 0 Å². The van der Waals surface area contributed by atoms with Gasteiger partial charge >= 0.3 is 0 Å². The molecular weight excluding hydrogens is 136 g/mol. The zero-order valence-electron chi connectivity index (χ0n) is 7.13. The van der Waals surface area contributed by atoms with Gasteiger partial charge in [0.2, 0.25) is 0 Å². The van der Waals surface area contributed by atoms with Crippen molar-refractivity contribution in [3.05, 3.63) is 30.7 Å². The number of hydrogen-bond donors (Lipinski definition) is 0. The Hall–Kier alpha value is -0.920. The maximum Gasteiger partial charge on any atom is 0.133 e. The van der Waals surface area contributed by atoms with E-state index in [1.165, 1.54) is 0 Å². The van der Waals surface area contributed by atoms with Crippen LogP contribution < -0.4 is 0 Å². The van der Waals surface area contributed by atoms with Gasteiger partial charge in [0.1, 0.15) is 5.82 Å². The lowest BCUT2D eigenvalue weighted by Crippen LogP contribution is -2.15. The monoisotopic (exact) mass is 148 g/mol. The molecule has 2 radical (unpaired) electrons. The lowest BCUT2D eigenvalue weighted by molar-refractivity contribution is 0.544. The summed E-state index contributed by atoms with van der Waals surface area (Å²) in [7, 11) is 0. The third-order valence-corrected chi connectivity index (χ3v) is 1.35. The van der Waals surface area contributed by atoms with Gasteiger partial charge in [-0.3, -0.25) is 0 Å². The van der Waals surface area contributed by atoms with Crippen molar-refractivity contribution in [1.82, 2.24) is 9.97 Å². The van der Waals surface area contributed by atoms with Crippen LogP contribution in [0.4, 0.5) is 0 Å². The maximum atomic E-state index is 5.50. The highest BCUT2D eigenvalue weighted by atomic mass is 14.9. The zero-order valence-corrected chi connectivity index (χ0v) is 7.13. The molecule has 0 saturated heterocycles. The summed E-state index contributed by atoms with van der Waals surface area (Å²) >= 11 is 0. The molecule has 2 nitrogen and oxygen atoms in total. The van der Waals surface area contributed by atoms with Crippen LogP contribution in [0.15, 0.2) is 12.3 Å². The largest absolute Gasteiger partial charge is 0.241 e.